The van der Waals surface area contributed by atoms with Crippen molar-refractivity contribution in [3.8, 4) is 0 Å². The van der Waals surface area contributed by atoms with Crippen molar-refractivity contribution in [3.63, 3.8) is 0 Å². The summed E-state index contributed by atoms with van der Waals surface area (Å²) in [4.78, 5) is 21.5. The maximum Gasteiger partial charge on any atom is 0.321 e. The maximum absolute atomic E-state index is 13.1. The van der Waals surface area contributed by atoms with Gasteiger partial charge in [0.15, 0.2) is 0 Å². The highest BCUT2D eigenvalue weighted by molar-refractivity contribution is 7.09. The van der Waals surface area contributed by atoms with E-state index >= 15 is 0 Å². The molecule has 8 heteroatoms. The van der Waals surface area contributed by atoms with E-state index in [9.17, 15) is 9.18 Å². The van der Waals surface area contributed by atoms with Crippen LogP contribution in [0.3, 0.4) is 0 Å². The molecule has 168 valence electrons. The molecule has 32 heavy (non-hydrogen) atoms. The Kier molecular flexibility index (Phi) is 6.99. The van der Waals surface area contributed by atoms with Gasteiger partial charge in [-0.15, -0.1) is 0 Å². The summed E-state index contributed by atoms with van der Waals surface area (Å²) in [6.07, 6.45) is 1.45. The Balaban J connectivity index is 1.32. The van der Waals surface area contributed by atoms with E-state index in [0.717, 1.165) is 35.2 Å². The molecule has 2 amide bonds. The molecule has 1 aromatic heterocycles. The van der Waals surface area contributed by atoms with E-state index in [0.29, 0.717) is 32.0 Å². The highest BCUT2D eigenvalue weighted by Gasteiger charge is 2.21. The van der Waals surface area contributed by atoms with Crippen LogP contribution in [0.15, 0.2) is 48.5 Å². The molecule has 4 rings (SSSR count). The molecular weight excluding hydrogens is 425 g/mol. The molecule has 6 nitrogen and oxygen atoms in total. The molecule has 1 fully saturated rings. The van der Waals surface area contributed by atoms with Gasteiger partial charge < -0.3 is 15.1 Å². The first-order valence-corrected chi connectivity index (χ1v) is 11.7. The third-order valence-electron chi connectivity index (χ3n) is 5.62. The highest BCUT2D eigenvalue weighted by Crippen LogP contribution is 2.22. The van der Waals surface area contributed by atoms with E-state index < -0.39 is 0 Å². The van der Waals surface area contributed by atoms with Crippen molar-refractivity contribution >= 4 is 28.4 Å². The van der Waals surface area contributed by atoms with Gasteiger partial charge in [-0.25, -0.2) is 14.2 Å². The van der Waals surface area contributed by atoms with Gasteiger partial charge in [0.1, 0.15) is 11.6 Å². The van der Waals surface area contributed by atoms with E-state index in [1.165, 1.54) is 29.2 Å². The summed E-state index contributed by atoms with van der Waals surface area (Å²) in [5, 5.41) is 3.88. The Morgan fingerprint density at radius 1 is 1.06 bits per heavy atom. The molecule has 0 saturated carbocycles. The van der Waals surface area contributed by atoms with Crippen molar-refractivity contribution in [2.75, 3.05) is 36.4 Å². The van der Waals surface area contributed by atoms with Gasteiger partial charge in [-0.1, -0.05) is 38.1 Å². The first-order chi connectivity index (χ1) is 15.5. The fourth-order valence-corrected chi connectivity index (χ4v) is 4.43. The van der Waals surface area contributed by atoms with E-state index in [1.54, 1.807) is 12.1 Å². The summed E-state index contributed by atoms with van der Waals surface area (Å²) in [5.74, 6) is 0.958. The van der Waals surface area contributed by atoms with Crippen LogP contribution in [0.2, 0.25) is 0 Å². The molecule has 0 unspecified atom stereocenters. The first kappa shape index (κ1) is 22.2. The number of nitrogens with zero attached hydrogens (tertiary/aromatic N) is 4. The maximum atomic E-state index is 13.1. The zero-order valence-electron chi connectivity index (χ0n) is 18.4. The summed E-state index contributed by atoms with van der Waals surface area (Å²) < 4.78 is 17.6. The molecule has 0 atom stereocenters. The van der Waals surface area contributed by atoms with Crippen molar-refractivity contribution in [3.05, 3.63) is 71.3 Å². The van der Waals surface area contributed by atoms with Crippen LogP contribution in [0.1, 0.15) is 43.1 Å². The SMILES string of the molecule is CC(C)c1ccc(NC(=O)N2CCCN(c3nc(Cc4ccc(F)cc4)ns3)CC2)cc1. The molecule has 3 aromatic rings. The molecule has 0 aliphatic carbocycles. The van der Waals surface area contributed by atoms with Gasteiger partial charge in [-0.05, 0) is 47.7 Å². The van der Waals surface area contributed by atoms with Crippen molar-refractivity contribution in [1.29, 1.82) is 0 Å². The minimum absolute atomic E-state index is 0.0709. The number of hydrogen-bond acceptors (Lipinski definition) is 5. The number of urea groups is 1. The van der Waals surface area contributed by atoms with Gasteiger partial charge in [0.2, 0.25) is 5.13 Å². The van der Waals surface area contributed by atoms with Crippen LogP contribution in [-0.4, -0.2) is 46.5 Å². The zero-order chi connectivity index (χ0) is 22.5. The van der Waals surface area contributed by atoms with Crippen LogP contribution in [-0.2, 0) is 6.42 Å². The Morgan fingerprint density at radius 3 is 2.53 bits per heavy atom. The van der Waals surface area contributed by atoms with Gasteiger partial charge in [-0.3, -0.25) is 0 Å². The van der Waals surface area contributed by atoms with Crippen LogP contribution in [0.5, 0.6) is 0 Å². The second kappa shape index (κ2) is 10.1. The number of amides is 2. The molecule has 0 radical (unpaired) electrons. The van der Waals surface area contributed by atoms with Crippen molar-refractivity contribution in [2.45, 2.75) is 32.6 Å². The topological polar surface area (TPSA) is 61.4 Å². The Hall–Kier alpha value is -3.00. The number of benzene rings is 2. The second-order valence-corrected chi connectivity index (χ2v) is 9.06. The Morgan fingerprint density at radius 2 is 1.81 bits per heavy atom. The minimum Gasteiger partial charge on any atom is -0.345 e. The van der Waals surface area contributed by atoms with Crippen LogP contribution in [0.25, 0.3) is 0 Å². The predicted octanol–water partition coefficient (Wildman–Crippen LogP) is 5.14. The lowest BCUT2D eigenvalue weighted by Crippen LogP contribution is -2.38. The Bertz CT molecular complexity index is 1040. The van der Waals surface area contributed by atoms with Gasteiger partial charge in [0.05, 0.1) is 0 Å². The lowest BCUT2D eigenvalue weighted by molar-refractivity contribution is 0.215. The zero-order valence-corrected chi connectivity index (χ0v) is 19.2. The third-order valence-corrected chi connectivity index (χ3v) is 6.43. The number of carbonyl (C=O) groups excluding carboxylic acids is 1. The number of carbonyl (C=O) groups is 1. The first-order valence-electron chi connectivity index (χ1n) is 11.0. The average Bonchev–Trinajstić information content (AvgIpc) is 3.10. The number of rotatable bonds is 5. The lowest BCUT2D eigenvalue weighted by Gasteiger charge is -2.22. The van der Waals surface area contributed by atoms with Crippen LogP contribution >= 0.6 is 11.5 Å². The van der Waals surface area contributed by atoms with E-state index in [2.05, 4.69) is 45.6 Å². The predicted molar refractivity (Wildman–Crippen MR) is 127 cm³/mol. The molecule has 1 N–H and O–H groups in total. The molecule has 1 aliphatic heterocycles. The smallest absolute Gasteiger partial charge is 0.321 e. The monoisotopic (exact) mass is 453 g/mol. The lowest BCUT2D eigenvalue weighted by atomic mass is 10.0. The average molecular weight is 454 g/mol. The van der Waals surface area contributed by atoms with Crippen molar-refractivity contribution < 1.29 is 9.18 Å². The van der Waals surface area contributed by atoms with Gasteiger partial charge in [0.25, 0.3) is 0 Å². The fourth-order valence-electron chi connectivity index (χ4n) is 3.70. The van der Waals surface area contributed by atoms with E-state index in [1.807, 2.05) is 17.0 Å². The second-order valence-electron chi connectivity index (χ2n) is 8.33. The molecule has 1 aliphatic rings. The van der Waals surface area contributed by atoms with Gasteiger partial charge in [-0.2, -0.15) is 4.37 Å². The Labute approximate surface area is 192 Å². The van der Waals surface area contributed by atoms with E-state index in [4.69, 9.17) is 0 Å². The summed E-state index contributed by atoms with van der Waals surface area (Å²) in [5.41, 5.74) is 3.05. The standard InChI is InChI=1S/C24H28FN5OS/c1-17(2)19-6-10-21(11-7-19)26-23(31)29-12-3-13-30(15-14-29)24-27-22(28-32-24)16-18-4-8-20(25)9-5-18/h4-11,17H,3,12-16H2,1-2H3,(H,26,31). The van der Waals surface area contributed by atoms with Crippen molar-refractivity contribution in [1.82, 2.24) is 14.3 Å². The number of nitrogens with one attached hydrogen (secondary N) is 1. The number of hydrogen-bond donors (Lipinski definition) is 1. The molecule has 2 heterocycles. The van der Waals surface area contributed by atoms with Crippen LogP contribution in [0, 0.1) is 5.82 Å². The number of anilines is 2. The fraction of sp³-hybridized carbons (Fsp3) is 0.375. The van der Waals surface area contributed by atoms with Crippen LogP contribution in [0.4, 0.5) is 20.0 Å². The summed E-state index contributed by atoms with van der Waals surface area (Å²) in [7, 11) is 0. The van der Waals surface area contributed by atoms with Crippen molar-refractivity contribution in [2.24, 2.45) is 0 Å². The van der Waals surface area contributed by atoms with Gasteiger partial charge in [0, 0.05) is 49.8 Å². The minimum atomic E-state index is -0.244. The summed E-state index contributed by atoms with van der Waals surface area (Å²) >= 11 is 1.38. The summed E-state index contributed by atoms with van der Waals surface area (Å²) in [6.45, 7) is 7.18. The molecule has 1 saturated heterocycles. The number of halogens is 1. The van der Waals surface area contributed by atoms with E-state index in [-0.39, 0.29) is 11.8 Å². The number of aromatic nitrogens is 2. The quantitative estimate of drug-likeness (QED) is 0.581. The largest absolute Gasteiger partial charge is 0.345 e. The van der Waals surface area contributed by atoms with Crippen LogP contribution < -0.4 is 10.2 Å². The highest BCUT2D eigenvalue weighted by atomic mass is 32.1. The summed E-state index contributed by atoms with van der Waals surface area (Å²) in [6, 6.07) is 14.4. The molecular formula is C24H28FN5OS. The molecule has 0 bridgehead atoms. The molecule has 2 aromatic carbocycles. The third kappa shape index (κ3) is 5.62. The molecule has 0 spiro atoms. The van der Waals surface area contributed by atoms with Gasteiger partial charge >= 0.3 is 6.03 Å². The normalized spacial score (nSPS) is 14.5.